The van der Waals surface area contributed by atoms with Gasteiger partial charge in [0.1, 0.15) is 6.10 Å². The summed E-state index contributed by atoms with van der Waals surface area (Å²) in [6, 6.07) is 20.4. The van der Waals surface area contributed by atoms with Crippen molar-refractivity contribution in [1.82, 2.24) is 0 Å². The fraction of sp³-hybridized carbons (Fsp3) is 0.458. The third-order valence-electron chi connectivity index (χ3n) is 5.25. The molecule has 1 fully saturated rings. The molecule has 1 aliphatic heterocycles. The first-order chi connectivity index (χ1) is 13.6. The first-order valence-electron chi connectivity index (χ1n) is 10.1. The quantitative estimate of drug-likeness (QED) is 0.479. The molecule has 1 saturated heterocycles. The smallest absolute Gasteiger partial charge is 0.163 e. The molecule has 0 N–H and O–H groups in total. The zero-order chi connectivity index (χ0) is 19.8. The van der Waals surface area contributed by atoms with E-state index in [9.17, 15) is 4.79 Å². The number of hydrogen-bond donors (Lipinski definition) is 0. The normalized spacial score (nSPS) is 23.3. The first-order valence-corrected chi connectivity index (χ1v) is 11.0. The lowest BCUT2D eigenvalue weighted by Gasteiger charge is -2.33. The number of Topliss-reactive ketones (excluding diaryl/α,β-unsaturated/α-hetero) is 1. The Bertz CT molecular complexity index is 719. The van der Waals surface area contributed by atoms with Crippen LogP contribution in [0.4, 0.5) is 0 Å². The SMILES string of the molecule is C[C@H](OCc1ccccc1)C(=O)C[C@@H]1C[C@H](Br)C[C@H](CCc2ccccc2)O1. The summed E-state index contributed by atoms with van der Waals surface area (Å²) in [5, 5.41) is 0. The molecule has 0 bridgehead atoms. The van der Waals surface area contributed by atoms with Crippen molar-refractivity contribution in [3.63, 3.8) is 0 Å². The number of benzene rings is 2. The average Bonchev–Trinajstić information content (AvgIpc) is 2.71. The highest BCUT2D eigenvalue weighted by molar-refractivity contribution is 9.09. The lowest BCUT2D eigenvalue weighted by Crippen LogP contribution is -2.36. The summed E-state index contributed by atoms with van der Waals surface area (Å²) in [4.78, 5) is 13.0. The molecule has 3 nitrogen and oxygen atoms in total. The highest BCUT2D eigenvalue weighted by Crippen LogP contribution is 2.29. The van der Waals surface area contributed by atoms with Crippen LogP contribution in [0.3, 0.4) is 0 Å². The van der Waals surface area contributed by atoms with E-state index in [0.717, 1.165) is 31.2 Å². The minimum absolute atomic E-state index is 0.0332. The Morgan fingerprint density at radius 1 is 1.04 bits per heavy atom. The third-order valence-corrected chi connectivity index (χ3v) is 5.99. The van der Waals surface area contributed by atoms with E-state index >= 15 is 0 Å². The van der Waals surface area contributed by atoms with Crippen molar-refractivity contribution in [1.29, 1.82) is 0 Å². The van der Waals surface area contributed by atoms with Crippen LogP contribution in [0.5, 0.6) is 0 Å². The van der Waals surface area contributed by atoms with Gasteiger partial charge in [-0.1, -0.05) is 76.6 Å². The molecule has 0 amide bonds. The largest absolute Gasteiger partial charge is 0.374 e. The van der Waals surface area contributed by atoms with Crippen molar-refractivity contribution < 1.29 is 14.3 Å². The number of aryl methyl sites for hydroxylation is 1. The molecule has 0 saturated carbocycles. The van der Waals surface area contributed by atoms with Crippen LogP contribution in [0.15, 0.2) is 60.7 Å². The van der Waals surface area contributed by atoms with Gasteiger partial charge < -0.3 is 9.47 Å². The summed E-state index contributed by atoms with van der Waals surface area (Å²) in [7, 11) is 0. The molecule has 150 valence electrons. The van der Waals surface area contributed by atoms with E-state index < -0.39 is 6.10 Å². The summed E-state index contributed by atoms with van der Waals surface area (Å²) in [6.45, 7) is 2.30. The van der Waals surface area contributed by atoms with Crippen LogP contribution in [0.25, 0.3) is 0 Å². The van der Waals surface area contributed by atoms with E-state index in [1.807, 2.05) is 43.3 Å². The van der Waals surface area contributed by atoms with Crippen molar-refractivity contribution in [3.8, 4) is 0 Å². The molecular weight excluding hydrogens is 416 g/mol. The molecular formula is C24H29BrO3. The molecule has 2 aromatic rings. The van der Waals surface area contributed by atoms with E-state index in [-0.39, 0.29) is 18.0 Å². The molecule has 1 heterocycles. The van der Waals surface area contributed by atoms with Crippen LogP contribution >= 0.6 is 15.9 Å². The molecule has 0 unspecified atom stereocenters. The Hall–Kier alpha value is -1.49. The fourth-order valence-corrected chi connectivity index (χ4v) is 4.45. The molecule has 0 radical (unpaired) electrons. The zero-order valence-electron chi connectivity index (χ0n) is 16.4. The Morgan fingerprint density at radius 3 is 2.32 bits per heavy atom. The van der Waals surface area contributed by atoms with Crippen LogP contribution in [0.2, 0.25) is 0 Å². The van der Waals surface area contributed by atoms with Crippen molar-refractivity contribution in [2.45, 2.75) is 68.8 Å². The molecule has 28 heavy (non-hydrogen) atoms. The van der Waals surface area contributed by atoms with Gasteiger partial charge in [0.25, 0.3) is 0 Å². The number of carbonyl (C=O) groups is 1. The summed E-state index contributed by atoms with van der Waals surface area (Å²) in [5.74, 6) is 0.115. The summed E-state index contributed by atoms with van der Waals surface area (Å²) >= 11 is 3.76. The van der Waals surface area contributed by atoms with E-state index in [1.54, 1.807) is 0 Å². The van der Waals surface area contributed by atoms with Gasteiger partial charge in [0.05, 0.1) is 18.8 Å². The lowest BCUT2D eigenvalue weighted by atomic mass is 9.96. The van der Waals surface area contributed by atoms with Crippen molar-refractivity contribution in [2.24, 2.45) is 0 Å². The van der Waals surface area contributed by atoms with Gasteiger partial charge in [0, 0.05) is 11.2 Å². The molecule has 2 aromatic carbocycles. The number of carbonyl (C=O) groups excluding carboxylic acids is 1. The Morgan fingerprint density at radius 2 is 1.64 bits per heavy atom. The van der Waals surface area contributed by atoms with Gasteiger partial charge in [-0.05, 0) is 43.7 Å². The van der Waals surface area contributed by atoms with Gasteiger partial charge in [-0.3, -0.25) is 4.79 Å². The second-order valence-corrected chi connectivity index (χ2v) is 8.88. The Kier molecular flexibility index (Phi) is 8.26. The van der Waals surface area contributed by atoms with Gasteiger partial charge in [-0.15, -0.1) is 0 Å². The maximum Gasteiger partial charge on any atom is 0.163 e. The van der Waals surface area contributed by atoms with Gasteiger partial charge >= 0.3 is 0 Å². The molecule has 4 heteroatoms. The van der Waals surface area contributed by atoms with Gasteiger partial charge in [-0.25, -0.2) is 0 Å². The van der Waals surface area contributed by atoms with E-state index in [4.69, 9.17) is 9.47 Å². The summed E-state index contributed by atoms with van der Waals surface area (Å²) < 4.78 is 12.0. The van der Waals surface area contributed by atoms with Gasteiger partial charge in [0.2, 0.25) is 0 Å². The van der Waals surface area contributed by atoms with Crippen LogP contribution in [0.1, 0.15) is 43.7 Å². The standard InChI is InChI=1S/C24H29BrO3/c1-18(27-17-20-10-6-3-7-11-20)24(26)16-23-15-21(25)14-22(28-23)13-12-19-8-4-2-5-9-19/h2-11,18,21-23H,12-17H2,1H3/t18-,21+,22-,23-/m0/s1. The predicted molar refractivity (Wildman–Crippen MR) is 116 cm³/mol. The minimum Gasteiger partial charge on any atom is -0.374 e. The average molecular weight is 445 g/mol. The monoisotopic (exact) mass is 444 g/mol. The van der Waals surface area contributed by atoms with Crippen LogP contribution in [-0.4, -0.2) is 28.9 Å². The highest BCUT2D eigenvalue weighted by Gasteiger charge is 2.30. The maximum absolute atomic E-state index is 12.6. The number of hydrogen-bond acceptors (Lipinski definition) is 3. The molecule has 0 aliphatic carbocycles. The van der Waals surface area contributed by atoms with Crippen molar-refractivity contribution in [2.75, 3.05) is 0 Å². The maximum atomic E-state index is 12.6. The number of ether oxygens (including phenoxy) is 2. The van der Waals surface area contributed by atoms with E-state index in [0.29, 0.717) is 17.9 Å². The number of alkyl halides is 1. The van der Waals surface area contributed by atoms with E-state index in [2.05, 4.69) is 40.2 Å². The van der Waals surface area contributed by atoms with Gasteiger partial charge in [-0.2, -0.15) is 0 Å². The molecule has 1 aliphatic rings. The summed E-state index contributed by atoms with van der Waals surface area (Å²) in [6.07, 6.45) is 4.02. The molecule has 0 aromatic heterocycles. The molecule has 3 rings (SSSR count). The van der Waals surface area contributed by atoms with Gasteiger partial charge in [0.15, 0.2) is 5.78 Å². The fourth-order valence-electron chi connectivity index (χ4n) is 3.62. The number of halogens is 1. The second-order valence-electron chi connectivity index (χ2n) is 7.58. The van der Waals surface area contributed by atoms with Crippen molar-refractivity contribution >= 4 is 21.7 Å². The van der Waals surface area contributed by atoms with Crippen LogP contribution < -0.4 is 0 Å². The topological polar surface area (TPSA) is 35.5 Å². The lowest BCUT2D eigenvalue weighted by molar-refractivity contribution is -0.136. The van der Waals surface area contributed by atoms with E-state index in [1.165, 1.54) is 5.56 Å². The Labute approximate surface area is 176 Å². The zero-order valence-corrected chi connectivity index (χ0v) is 18.0. The molecule has 0 spiro atoms. The highest BCUT2D eigenvalue weighted by atomic mass is 79.9. The third kappa shape index (κ3) is 6.84. The van der Waals surface area contributed by atoms with Crippen LogP contribution in [0, 0.1) is 0 Å². The predicted octanol–water partition coefficient (Wildman–Crippen LogP) is 5.49. The number of rotatable bonds is 9. The van der Waals surface area contributed by atoms with Crippen LogP contribution in [-0.2, 0) is 27.3 Å². The Balaban J connectivity index is 1.45. The van der Waals surface area contributed by atoms with Crippen molar-refractivity contribution in [3.05, 3.63) is 71.8 Å². The number of ketones is 1. The first kappa shape index (κ1) is 21.2. The minimum atomic E-state index is -0.415. The second kappa shape index (κ2) is 10.9. The molecule has 4 atom stereocenters. The summed E-state index contributed by atoms with van der Waals surface area (Å²) in [5.41, 5.74) is 2.41.